The summed E-state index contributed by atoms with van der Waals surface area (Å²) in [6.07, 6.45) is 2.93. The van der Waals surface area contributed by atoms with Gasteiger partial charge < -0.3 is 10.6 Å². The minimum atomic E-state index is -0.281. The number of anilines is 1. The number of halogens is 1. The number of aryl methyl sites for hydroxylation is 1. The van der Waals surface area contributed by atoms with Crippen molar-refractivity contribution in [1.29, 1.82) is 0 Å². The van der Waals surface area contributed by atoms with Gasteiger partial charge in [-0.15, -0.1) is 0 Å². The van der Waals surface area contributed by atoms with Crippen molar-refractivity contribution in [2.75, 3.05) is 18.9 Å². The second-order valence-electron chi connectivity index (χ2n) is 5.08. The van der Waals surface area contributed by atoms with E-state index in [1.807, 2.05) is 7.05 Å². The number of nitrogens with one attached hydrogen (secondary N) is 2. The molecular weight excluding hydrogens is 231 g/mol. The Hall–Kier alpha value is -1.42. The SMILES string of the molecule is CNCC1(C(=O)Nc2ccc(F)c(C)c2)CCC1. The largest absolute Gasteiger partial charge is 0.326 e. The van der Waals surface area contributed by atoms with E-state index >= 15 is 0 Å². The Morgan fingerprint density at radius 2 is 2.17 bits per heavy atom. The normalized spacial score (nSPS) is 17.1. The summed E-state index contributed by atoms with van der Waals surface area (Å²) in [6, 6.07) is 4.65. The van der Waals surface area contributed by atoms with Gasteiger partial charge in [-0.2, -0.15) is 0 Å². The topological polar surface area (TPSA) is 41.1 Å². The minimum absolute atomic E-state index is 0.0362. The van der Waals surface area contributed by atoms with E-state index in [9.17, 15) is 9.18 Å². The van der Waals surface area contributed by atoms with Crippen molar-refractivity contribution in [1.82, 2.24) is 5.32 Å². The van der Waals surface area contributed by atoms with Crippen LogP contribution in [-0.4, -0.2) is 19.5 Å². The minimum Gasteiger partial charge on any atom is -0.326 e. The Morgan fingerprint density at radius 3 is 2.67 bits per heavy atom. The number of carbonyl (C=O) groups excluding carboxylic acids is 1. The number of rotatable bonds is 4. The highest BCUT2D eigenvalue weighted by Gasteiger charge is 2.43. The first kappa shape index (κ1) is 13.0. The van der Waals surface area contributed by atoms with Crippen LogP contribution >= 0.6 is 0 Å². The Labute approximate surface area is 107 Å². The first-order valence-electron chi connectivity index (χ1n) is 6.30. The number of hydrogen-bond donors (Lipinski definition) is 2. The predicted molar refractivity (Wildman–Crippen MR) is 70.0 cm³/mol. The molecule has 18 heavy (non-hydrogen) atoms. The quantitative estimate of drug-likeness (QED) is 0.862. The van der Waals surface area contributed by atoms with Crippen molar-refractivity contribution in [3.8, 4) is 0 Å². The van der Waals surface area contributed by atoms with Crippen molar-refractivity contribution in [3.63, 3.8) is 0 Å². The van der Waals surface area contributed by atoms with Crippen LogP contribution in [0.15, 0.2) is 18.2 Å². The number of benzene rings is 1. The molecule has 4 heteroatoms. The second-order valence-corrected chi connectivity index (χ2v) is 5.08. The molecule has 1 aromatic rings. The summed E-state index contributed by atoms with van der Waals surface area (Å²) in [5, 5.41) is 5.97. The third kappa shape index (κ3) is 2.38. The van der Waals surface area contributed by atoms with Crippen LogP contribution in [0.4, 0.5) is 10.1 Å². The molecule has 0 aromatic heterocycles. The van der Waals surface area contributed by atoms with E-state index in [0.29, 0.717) is 17.8 Å². The lowest BCUT2D eigenvalue weighted by atomic mass is 9.68. The van der Waals surface area contributed by atoms with Gasteiger partial charge in [-0.05, 0) is 50.6 Å². The smallest absolute Gasteiger partial charge is 0.231 e. The zero-order valence-corrected chi connectivity index (χ0v) is 10.8. The molecule has 0 unspecified atom stereocenters. The molecule has 1 fully saturated rings. The lowest BCUT2D eigenvalue weighted by Crippen LogP contribution is -2.48. The van der Waals surface area contributed by atoms with Gasteiger partial charge in [0.25, 0.3) is 0 Å². The van der Waals surface area contributed by atoms with Crippen LogP contribution in [-0.2, 0) is 4.79 Å². The third-order valence-electron chi connectivity index (χ3n) is 3.72. The molecule has 1 amide bonds. The Balaban J connectivity index is 2.08. The summed E-state index contributed by atoms with van der Waals surface area (Å²) < 4.78 is 13.1. The average molecular weight is 250 g/mol. The number of hydrogen-bond acceptors (Lipinski definition) is 2. The molecule has 98 valence electrons. The van der Waals surface area contributed by atoms with Gasteiger partial charge in [-0.3, -0.25) is 4.79 Å². The number of amides is 1. The van der Waals surface area contributed by atoms with Gasteiger partial charge in [0.1, 0.15) is 5.82 Å². The van der Waals surface area contributed by atoms with Gasteiger partial charge >= 0.3 is 0 Å². The van der Waals surface area contributed by atoms with Crippen LogP contribution in [0.2, 0.25) is 0 Å². The van der Waals surface area contributed by atoms with Crippen molar-refractivity contribution in [2.45, 2.75) is 26.2 Å². The molecule has 1 aromatic carbocycles. The maximum Gasteiger partial charge on any atom is 0.231 e. The summed E-state index contributed by atoms with van der Waals surface area (Å²) in [7, 11) is 1.86. The fourth-order valence-electron chi connectivity index (χ4n) is 2.41. The highest BCUT2D eigenvalue weighted by molar-refractivity contribution is 5.96. The van der Waals surface area contributed by atoms with E-state index in [2.05, 4.69) is 10.6 Å². The zero-order valence-electron chi connectivity index (χ0n) is 10.8. The van der Waals surface area contributed by atoms with Gasteiger partial charge in [0.15, 0.2) is 0 Å². The van der Waals surface area contributed by atoms with Crippen molar-refractivity contribution in [3.05, 3.63) is 29.6 Å². The van der Waals surface area contributed by atoms with Gasteiger partial charge in [0.05, 0.1) is 5.41 Å². The van der Waals surface area contributed by atoms with Crippen LogP contribution in [0, 0.1) is 18.2 Å². The first-order valence-corrected chi connectivity index (χ1v) is 6.30. The maximum absolute atomic E-state index is 13.1. The van der Waals surface area contributed by atoms with Gasteiger partial charge in [0, 0.05) is 12.2 Å². The van der Waals surface area contributed by atoms with Crippen molar-refractivity contribution in [2.24, 2.45) is 5.41 Å². The Morgan fingerprint density at radius 1 is 1.44 bits per heavy atom. The fourth-order valence-corrected chi connectivity index (χ4v) is 2.41. The summed E-state index contributed by atoms with van der Waals surface area (Å²) in [5.41, 5.74) is 0.933. The molecule has 3 nitrogen and oxygen atoms in total. The molecular formula is C14H19FN2O. The molecule has 1 aliphatic carbocycles. The highest BCUT2D eigenvalue weighted by Crippen LogP contribution is 2.41. The van der Waals surface area contributed by atoms with E-state index < -0.39 is 0 Å². The molecule has 0 heterocycles. The predicted octanol–water partition coefficient (Wildman–Crippen LogP) is 2.46. The number of carbonyl (C=O) groups is 1. The second kappa shape index (κ2) is 5.06. The first-order chi connectivity index (χ1) is 8.57. The van der Waals surface area contributed by atoms with E-state index in [1.165, 1.54) is 6.07 Å². The van der Waals surface area contributed by atoms with E-state index in [0.717, 1.165) is 19.3 Å². The summed E-state index contributed by atoms with van der Waals surface area (Å²) in [5.74, 6) is -0.212. The van der Waals surface area contributed by atoms with Gasteiger partial charge in [0.2, 0.25) is 5.91 Å². The summed E-state index contributed by atoms with van der Waals surface area (Å²) in [6.45, 7) is 2.39. The van der Waals surface area contributed by atoms with Crippen molar-refractivity contribution < 1.29 is 9.18 Å². The molecule has 0 saturated heterocycles. The summed E-state index contributed by atoms with van der Waals surface area (Å²) in [4.78, 5) is 12.3. The molecule has 1 aliphatic rings. The molecule has 0 atom stereocenters. The van der Waals surface area contributed by atoms with E-state index in [-0.39, 0.29) is 17.1 Å². The van der Waals surface area contributed by atoms with Crippen LogP contribution in [0.25, 0.3) is 0 Å². The highest BCUT2D eigenvalue weighted by atomic mass is 19.1. The van der Waals surface area contributed by atoms with Crippen LogP contribution in [0.1, 0.15) is 24.8 Å². The lowest BCUT2D eigenvalue weighted by molar-refractivity contribution is -0.129. The third-order valence-corrected chi connectivity index (χ3v) is 3.72. The molecule has 0 aliphatic heterocycles. The Bertz CT molecular complexity index is 455. The van der Waals surface area contributed by atoms with E-state index in [4.69, 9.17) is 0 Å². The van der Waals surface area contributed by atoms with Crippen LogP contribution < -0.4 is 10.6 Å². The fraction of sp³-hybridized carbons (Fsp3) is 0.500. The summed E-state index contributed by atoms with van der Waals surface area (Å²) >= 11 is 0. The van der Waals surface area contributed by atoms with Crippen LogP contribution in [0.3, 0.4) is 0 Å². The Kier molecular flexibility index (Phi) is 3.66. The molecule has 0 spiro atoms. The molecule has 0 bridgehead atoms. The van der Waals surface area contributed by atoms with Crippen molar-refractivity contribution >= 4 is 11.6 Å². The van der Waals surface area contributed by atoms with Crippen LogP contribution in [0.5, 0.6) is 0 Å². The molecule has 2 rings (SSSR count). The monoisotopic (exact) mass is 250 g/mol. The lowest BCUT2D eigenvalue weighted by Gasteiger charge is -2.40. The molecule has 1 saturated carbocycles. The zero-order chi connectivity index (χ0) is 13.2. The maximum atomic E-state index is 13.1. The van der Waals surface area contributed by atoms with Gasteiger partial charge in [-0.1, -0.05) is 6.42 Å². The molecule has 2 N–H and O–H groups in total. The van der Waals surface area contributed by atoms with E-state index in [1.54, 1.807) is 19.1 Å². The molecule has 0 radical (unpaired) electrons. The average Bonchev–Trinajstić information content (AvgIpc) is 2.28. The standard InChI is InChI=1S/C14H19FN2O/c1-10-8-11(4-5-12(10)15)17-13(18)14(9-16-2)6-3-7-14/h4-5,8,16H,3,6-7,9H2,1-2H3,(H,17,18). The van der Waals surface area contributed by atoms with Gasteiger partial charge in [-0.25, -0.2) is 4.39 Å².